The lowest BCUT2D eigenvalue weighted by Crippen LogP contribution is -2.61. The average Bonchev–Trinajstić information content (AvgIpc) is 3.31. The van der Waals surface area contributed by atoms with Crippen LogP contribution in [0.25, 0.3) is 0 Å². The number of benzene rings is 1. The first-order valence-electron chi connectivity index (χ1n) is 25.3. The van der Waals surface area contributed by atoms with Gasteiger partial charge in [0.15, 0.2) is 0 Å². The summed E-state index contributed by atoms with van der Waals surface area (Å²) in [4.78, 5) is 94.7. The Kier molecular flexibility index (Phi) is 30.4. The van der Waals surface area contributed by atoms with Crippen molar-refractivity contribution in [1.29, 1.82) is 0 Å². The summed E-state index contributed by atoms with van der Waals surface area (Å²) in [7, 11) is 3.24. The average molecular weight is 1020 g/mol. The van der Waals surface area contributed by atoms with E-state index in [1.807, 2.05) is 61.5 Å². The first-order valence-corrected chi connectivity index (χ1v) is 25.3. The quantitative estimate of drug-likeness (QED) is 0.0354. The highest BCUT2D eigenvalue weighted by molar-refractivity contribution is 5.97. The summed E-state index contributed by atoms with van der Waals surface area (Å²) >= 11 is 0. The van der Waals surface area contributed by atoms with E-state index in [1.165, 1.54) is 11.8 Å². The molecule has 72 heavy (non-hydrogen) atoms. The number of carbonyl (C=O) groups excluding carboxylic acids is 6. The first kappa shape index (κ1) is 65.0. The number of aliphatic carboxylic acids is 1. The van der Waals surface area contributed by atoms with Crippen molar-refractivity contribution in [2.45, 2.75) is 144 Å². The van der Waals surface area contributed by atoms with Crippen molar-refractivity contribution in [2.75, 3.05) is 85.4 Å². The van der Waals surface area contributed by atoms with E-state index in [2.05, 4.69) is 31.9 Å². The molecule has 0 saturated heterocycles. The monoisotopic (exact) mass is 1020 g/mol. The van der Waals surface area contributed by atoms with E-state index in [4.69, 9.17) is 24.7 Å². The van der Waals surface area contributed by atoms with Crippen LogP contribution >= 0.6 is 0 Å². The second-order valence-corrected chi connectivity index (χ2v) is 20.3. The lowest BCUT2D eigenvalue weighted by molar-refractivity contribution is -0.141. The number of hydrogen-bond donors (Lipinski definition) is 8. The van der Waals surface area contributed by atoms with Gasteiger partial charge in [-0.25, -0.2) is 4.79 Å². The molecule has 0 fully saturated rings. The molecule has 0 saturated carbocycles. The Morgan fingerprint density at radius 2 is 1.33 bits per heavy atom. The maximum atomic E-state index is 14.2. The summed E-state index contributed by atoms with van der Waals surface area (Å²) < 4.78 is 21.8. The number of carbonyl (C=O) groups is 7. The van der Waals surface area contributed by atoms with Crippen LogP contribution in [-0.4, -0.2) is 162 Å². The molecule has 0 spiro atoms. The van der Waals surface area contributed by atoms with Crippen molar-refractivity contribution in [3.63, 3.8) is 0 Å². The fraction of sp³-hybridized carbons (Fsp3) is 0.712. The molecule has 1 aromatic carbocycles. The SMILES string of the molecule is CCCOCCOCCOCCOCCC(=O)NC(C(=O)NC(CCCCN)C(=O)NCC(=O)Nc1cccc(C(C)(C)C(NC)C(=O)NC(C(=O)N(C)C(/C=C(\C)C(=O)O)C(C)C)C(C)(C)C)c1)C(C)C. The van der Waals surface area contributed by atoms with Crippen LogP contribution in [-0.2, 0) is 57.9 Å². The topological polar surface area (TPSA) is 278 Å². The molecule has 0 aromatic heterocycles. The lowest BCUT2D eigenvalue weighted by atomic mass is 9.76. The molecule has 6 amide bonds. The number of unbranched alkanes of at least 4 members (excludes halogenated alkanes) is 1. The number of rotatable bonds is 36. The summed E-state index contributed by atoms with van der Waals surface area (Å²) in [5.41, 5.74) is 5.27. The Labute approximate surface area is 428 Å². The number of amides is 6. The van der Waals surface area contributed by atoms with Gasteiger partial charge in [0.05, 0.1) is 64.9 Å². The Hall–Kier alpha value is -4.99. The van der Waals surface area contributed by atoms with E-state index in [-0.39, 0.29) is 49.4 Å². The van der Waals surface area contributed by atoms with Crippen molar-refractivity contribution in [2.24, 2.45) is 23.0 Å². The molecule has 1 aromatic rings. The van der Waals surface area contributed by atoms with Crippen LogP contribution in [0.4, 0.5) is 5.69 Å². The van der Waals surface area contributed by atoms with Gasteiger partial charge in [0.1, 0.15) is 18.1 Å². The van der Waals surface area contributed by atoms with E-state index in [0.717, 1.165) is 6.42 Å². The molecule has 1 rings (SSSR count). The number of nitrogens with one attached hydrogen (secondary N) is 6. The maximum Gasteiger partial charge on any atom is 0.331 e. The summed E-state index contributed by atoms with van der Waals surface area (Å²) in [5, 5.41) is 26.6. The molecule has 0 aliphatic carbocycles. The van der Waals surface area contributed by atoms with Gasteiger partial charge in [0.2, 0.25) is 35.4 Å². The molecule has 0 radical (unpaired) electrons. The van der Waals surface area contributed by atoms with E-state index in [0.29, 0.717) is 70.3 Å². The molecule has 410 valence electrons. The van der Waals surface area contributed by atoms with E-state index >= 15 is 0 Å². The molecule has 0 aliphatic heterocycles. The van der Waals surface area contributed by atoms with Gasteiger partial charge in [-0.3, -0.25) is 28.8 Å². The van der Waals surface area contributed by atoms with Gasteiger partial charge >= 0.3 is 5.97 Å². The van der Waals surface area contributed by atoms with Gasteiger partial charge in [0.25, 0.3) is 0 Å². The molecule has 0 bridgehead atoms. The number of hydrogen-bond acceptors (Lipinski definition) is 13. The van der Waals surface area contributed by atoms with Gasteiger partial charge in [-0.15, -0.1) is 0 Å². The minimum atomic E-state index is -1.09. The molecule has 0 heterocycles. The third-order valence-electron chi connectivity index (χ3n) is 12.0. The highest BCUT2D eigenvalue weighted by atomic mass is 16.6. The third-order valence-corrected chi connectivity index (χ3v) is 12.0. The molecule has 5 unspecified atom stereocenters. The van der Waals surface area contributed by atoms with Crippen LogP contribution in [0.3, 0.4) is 0 Å². The van der Waals surface area contributed by atoms with Crippen LogP contribution in [0.1, 0.15) is 114 Å². The highest BCUT2D eigenvalue weighted by Crippen LogP contribution is 2.31. The zero-order valence-electron chi connectivity index (χ0n) is 45.5. The number of nitrogens with two attached hydrogens (primary N) is 1. The van der Waals surface area contributed by atoms with Crippen molar-refractivity contribution in [1.82, 2.24) is 31.5 Å². The Morgan fingerprint density at radius 1 is 0.750 bits per heavy atom. The molecular formula is C52H90N8O12. The summed E-state index contributed by atoms with van der Waals surface area (Å²) in [6, 6.07) is 2.60. The van der Waals surface area contributed by atoms with Crippen molar-refractivity contribution in [3.05, 3.63) is 41.5 Å². The first-order chi connectivity index (χ1) is 33.8. The second-order valence-electron chi connectivity index (χ2n) is 20.3. The van der Waals surface area contributed by atoms with E-state index < -0.39 is 83.1 Å². The number of anilines is 1. The molecular weight excluding hydrogens is 929 g/mol. The second kappa shape index (κ2) is 33.7. The normalized spacial score (nSPS) is 14.2. The smallest absolute Gasteiger partial charge is 0.331 e. The molecule has 20 heteroatoms. The number of carboxylic acid groups (broad SMARTS) is 1. The number of nitrogens with zero attached hydrogens (tertiary/aromatic N) is 1. The van der Waals surface area contributed by atoms with Gasteiger partial charge in [-0.1, -0.05) is 87.4 Å². The van der Waals surface area contributed by atoms with Crippen molar-refractivity contribution in [3.8, 4) is 0 Å². The molecule has 20 nitrogen and oxygen atoms in total. The zero-order chi connectivity index (χ0) is 54.6. The number of ether oxygens (including phenoxy) is 4. The summed E-state index contributed by atoms with van der Waals surface area (Å²) in [6.45, 7) is 23.4. The molecule has 5 atom stereocenters. The predicted molar refractivity (Wildman–Crippen MR) is 278 cm³/mol. The maximum absolute atomic E-state index is 14.2. The predicted octanol–water partition coefficient (Wildman–Crippen LogP) is 3.27. The highest BCUT2D eigenvalue weighted by Gasteiger charge is 2.42. The molecule has 9 N–H and O–H groups in total. The zero-order valence-corrected chi connectivity index (χ0v) is 45.5. The minimum Gasteiger partial charge on any atom is -0.478 e. The van der Waals surface area contributed by atoms with Crippen molar-refractivity contribution >= 4 is 47.1 Å². The lowest BCUT2D eigenvalue weighted by Gasteiger charge is -2.40. The van der Waals surface area contributed by atoms with Crippen LogP contribution < -0.4 is 37.6 Å². The Bertz CT molecular complexity index is 1890. The van der Waals surface area contributed by atoms with Gasteiger partial charge in [-0.2, -0.15) is 0 Å². The molecule has 0 aliphatic rings. The fourth-order valence-electron chi connectivity index (χ4n) is 7.66. The Morgan fingerprint density at radius 3 is 1.85 bits per heavy atom. The van der Waals surface area contributed by atoms with Gasteiger partial charge < -0.3 is 66.6 Å². The van der Waals surface area contributed by atoms with Gasteiger partial charge in [-0.05, 0) is 81.1 Å². The fourth-order valence-corrected chi connectivity index (χ4v) is 7.66. The Balaban J connectivity index is 2.98. The largest absolute Gasteiger partial charge is 0.478 e. The van der Waals surface area contributed by atoms with Crippen molar-refractivity contribution < 1.29 is 57.6 Å². The number of carboxylic acids is 1. The number of likely N-dealkylation sites (N-methyl/N-ethyl adjacent to an activating group) is 2. The summed E-state index contributed by atoms with van der Waals surface area (Å²) in [6.07, 6.45) is 3.87. The third kappa shape index (κ3) is 23.7. The standard InChI is InChI=1S/C52H90N8O12/c1-14-23-69-25-27-71-29-30-72-28-26-70-24-21-41(61)58-43(35(4)5)47(64)57-39(20-15-16-22-53)46(63)55-33-42(62)56-38-19-17-18-37(32-38)52(10,11)44(54-12)48(65)59-45(51(7,8)9)49(66)60(13)40(34(2)3)31-36(6)50(67)68/h17-19,31-32,34-35,39-40,43-45,54H,14-16,20-30,33,53H2,1-13H3,(H,55,63)(H,56,62)(H,57,64)(H,58,61)(H,59,65)(H,67,68)/b36-31+. The van der Waals surface area contributed by atoms with Crippen LogP contribution in [0.5, 0.6) is 0 Å². The van der Waals surface area contributed by atoms with Crippen LogP contribution in [0.15, 0.2) is 35.9 Å². The summed E-state index contributed by atoms with van der Waals surface area (Å²) in [5.74, 6) is -4.42. The van der Waals surface area contributed by atoms with E-state index in [9.17, 15) is 38.7 Å². The van der Waals surface area contributed by atoms with Gasteiger partial charge in [0, 0.05) is 36.8 Å². The van der Waals surface area contributed by atoms with Crippen LogP contribution in [0.2, 0.25) is 0 Å². The van der Waals surface area contributed by atoms with E-state index in [1.54, 1.807) is 52.2 Å². The van der Waals surface area contributed by atoms with Crippen LogP contribution in [0, 0.1) is 17.3 Å². The minimum absolute atomic E-state index is 0.00772.